The topological polar surface area (TPSA) is 49.4 Å². The summed E-state index contributed by atoms with van der Waals surface area (Å²) in [7, 11) is 0. The first-order valence-electron chi connectivity index (χ1n) is 6.95. The molecule has 0 aromatic rings. The van der Waals surface area contributed by atoms with Gasteiger partial charge in [0.15, 0.2) is 0 Å². The van der Waals surface area contributed by atoms with Crippen LogP contribution in [-0.4, -0.2) is 46.3 Å². The highest BCUT2D eigenvalue weighted by Crippen LogP contribution is 2.29. The fourth-order valence-corrected chi connectivity index (χ4v) is 4.44. The summed E-state index contributed by atoms with van der Waals surface area (Å²) in [4.78, 5) is 25.9. The summed E-state index contributed by atoms with van der Waals surface area (Å²) in [6.45, 7) is 0. The average molecular weight is 268 g/mol. The van der Waals surface area contributed by atoms with Gasteiger partial charge in [0.1, 0.15) is 0 Å². The molecule has 0 bridgehead atoms. The zero-order valence-electron chi connectivity index (χ0n) is 10.6. The molecule has 2 heterocycles. The Balaban J connectivity index is 1.63. The van der Waals surface area contributed by atoms with Crippen molar-refractivity contribution in [1.29, 1.82) is 0 Å². The van der Waals surface area contributed by atoms with Crippen LogP contribution in [-0.2, 0) is 9.59 Å². The van der Waals surface area contributed by atoms with Crippen molar-refractivity contribution >= 4 is 23.6 Å². The highest BCUT2D eigenvalue weighted by molar-refractivity contribution is 7.99. The zero-order valence-corrected chi connectivity index (χ0v) is 11.4. The molecule has 18 heavy (non-hydrogen) atoms. The molecule has 2 atom stereocenters. The van der Waals surface area contributed by atoms with Gasteiger partial charge in [-0.15, -0.1) is 0 Å². The SMILES string of the molecule is O=C1CC(NC2CCSC2)C(=O)N1C1CCCC1. The number of nitrogens with zero attached hydrogens (tertiary/aromatic N) is 1. The lowest BCUT2D eigenvalue weighted by Gasteiger charge is -2.23. The minimum absolute atomic E-state index is 0.0313. The smallest absolute Gasteiger partial charge is 0.247 e. The molecule has 3 rings (SSSR count). The van der Waals surface area contributed by atoms with Crippen LogP contribution in [0.4, 0.5) is 0 Å². The van der Waals surface area contributed by atoms with E-state index < -0.39 is 0 Å². The standard InChI is InChI=1S/C13H20N2O2S/c16-12-7-11(14-9-5-6-18-8-9)13(17)15(12)10-3-1-2-4-10/h9-11,14H,1-8H2. The Labute approximate surface area is 112 Å². The number of thioether (sulfide) groups is 1. The van der Waals surface area contributed by atoms with Crippen LogP contribution in [0.1, 0.15) is 38.5 Å². The number of rotatable bonds is 3. The molecule has 2 saturated heterocycles. The van der Waals surface area contributed by atoms with Crippen molar-refractivity contribution in [1.82, 2.24) is 10.2 Å². The first-order chi connectivity index (χ1) is 8.75. The quantitative estimate of drug-likeness (QED) is 0.780. The molecule has 0 radical (unpaired) electrons. The van der Waals surface area contributed by atoms with Gasteiger partial charge in [-0.05, 0) is 25.0 Å². The van der Waals surface area contributed by atoms with Crippen LogP contribution in [0.2, 0.25) is 0 Å². The van der Waals surface area contributed by atoms with E-state index >= 15 is 0 Å². The number of amides is 2. The van der Waals surface area contributed by atoms with Crippen molar-refractivity contribution in [3.05, 3.63) is 0 Å². The molecule has 0 spiro atoms. The molecule has 2 amide bonds. The van der Waals surface area contributed by atoms with Gasteiger partial charge in [0.2, 0.25) is 11.8 Å². The number of carbonyl (C=O) groups excluding carboxylic acids is 2. The van der Waals surface area contributed by atoms with Crippen molar-refractivity contribution in [2.45, 2.75) is 56.7 Å². The third-order valence-electron chi connectivity index (χ3n) is 4.24. The summed E-state index contributed by atoms with van der Waals surface area (Å²) in [6, 6.07) is 0.358. The number of hydrogen-bond acceptors (Lipinski definition) is 4. The highest BCUT2D eigenvalue weighted by Gasteiger charge is 2.43. The fourth-order valence-electron chi connectivity index (χ4n) is 3.28. The summed E-state index contributed by atoms with van der Waals surface area (Å²) in [6.07, 6.45) is 5.80. The van der Waals surface area contributed by atoms with E-state index in [1.54, 1.807) is 4.90 Å². The number of hydrogen-bond donors (Lipinski definition) is 1. The molecule has 1 N–H and O–H groups in total. The molecular weight excluding hydrogens is 248 g/mol. The fraction of sp³-hybridized carbons (Fsp3) is 0.846. The molecule has 1 saturated carbocycles. The van der Waals surface area contributed by atoms with Gasteiger partial charge in [-0.2, -0.15) is 11.8 Å². The molecule has 2 unspecified atom stereocenters. The second-order valence-corrected chi connectivity index (χ2v) is 6.67. The molecule has 0 aromatic heterocycles. The van der Waals surface area contributed by atoms with Crippen molar-refractivity contribution in [3.63, 3.8) is 0 Å². The largest absolute Gasteiger partial charge is 0.302 e. The van der Waals surface area contributed by atoms with E-state index in [9.17, 15) is 9.59 Å². The molecule has 2 aliphatic heterocycles. The van der Waals surface area contributed by atoms with Crippen LogP contribution in [0.5, 0.6) is 0 Å². The third-order valence-corrected chi connectivity index (χ3v) is 5.40. The van der Waals surface area contributed by atoms with Gasteiger partial charge in [-0.3, -0.25) is 14.5 Å². The Morgan fingerprint density at radius 2 is 1.94 bits per heavy atom. The van der Waals surface area contributed by atoms with Gasteiger partial charge in [0.05, 0.1) is 12.5 Å². The second-order valence-electron chi connectivity index (χ2n) is 5.52. The van der Waals surface area contributed by atoms with Gasteiger partial charge in [-0.25, -0.2) is 0 Å². The number of likely N-dealkylation sites (tertiary alicyclic amines) is 1. The maximum absolute atomic E-state index is 12.3. The Bertz CT molecular complexity index is 349. The van der Waals surface area contributed by atoms with Crippen molar-refractivity contribution in [2.75, 3.05) is 11.5 Å². The predicted molar refractivity (Wildman–Crippen MR) is 71.4 cm³/mol. The van der Waals surface area contributed by atoms with E-state index in [1.807, 2.05) is 11.8 Å². The molecule has 3 fully saturated rings. The molecular formula is C13H20N2O2S. The van der Waals surface area contributed by atoms with Gasteiger partial charge < -0.3 is 5.32 Å². The van der Waals surface area contributed by atoms with E-state index in [1.165, 1.54) is 5.75 Å². The number of imide groups is 1. The molecule has 4 nitrogen and oxygen atoms in total. The average Bonchev–Trinajstić information content (AvgIpc) is 3.03. The summed E-state index contributed by atoms with van der Waals surface area (Å²) in [5, 5.41) is 3.38. The first-order valence-corrected chi connectivity index (χ1v) is 8.11. The summed E-state index contributed by atoms with van der Waals surface area (Å²) in [5.41, 5.74) is 0. The Hall–Kier alpha value is -0.550. The van der Waals surface area contributed by atoms with E-state index in [2.05, 4.69) is 5.32 Å². The lowest BCUT2D eigenvalue weighted by molar-refractivity contribution is -0.141. The Kier molecular flexibility index (Phi) is 3.61. The van der Waals surface area contributed by atoms with Crippen molar-refractivity contribution in [2.24, 2.45) is 0 Å². The van der Waals surface area contributed by atoms with E-state index in [4.69, 9.17) is 0 Å². The van der Waals surface area contributed by atoms with E-state index in [0.29, 0.717) is 12.5 Å². The number of nitrogens with one attached hydrogen (secondary N) is 1. The summed E-state index contributed by atoms with van der Waals surface area (Å²) < 4.78 is 0. The molecule has 100 valence electrons. The monoisotopic (exact) mass is 268 g/mol. The predicted octanol–water partition coefficient (Wildman–Crippen LogP) is 1.15. The zero-order chi connectivity index (χ0) is 12.5. The van der Waals surface area contributed by atoms with Crippen molar-refractivity contribution < 1.29 is 9.59 Å². The first kappa shape index (κ1) is 12.5. The molecule has 3 aliphatic rings. The Morgan fingerprint density at radius 3 is 2.61 bits per heavy atom. The van der Waals surface area contributed by atoms with Gasteiger partial charge in [0, 0.05) is 17.8 Å². The Morgan fingerprint density at radius 1 is 1.17 bits per heavy atom. The molecule has 0 aromatic carbocycles. The van der Waals surface area contributed by atoms with Gasteiger partial charge in [0.25, 0.3) is 0 Å². The molecule has 1 aliphatic carbocycles. The minimum atomic E-state index is -0.248. The van der Waals surface area contributed by atoms with Crippen LogP contribution in [0, 0.1) is 0 Å². The lowest BCUT2D eigenvalue weighted by Crippen LogP contribution is -2.46. The van der Waals surface area contributed by atoms with Gasteiger partial charge in [-0.1, -0.05) is 12.8 Å². The minimum Gasteiger partial charge on any atom is -0.302 e. The van der Waals surface area contributed by atoms with Crippen LogP contribution in [0.15, 0.2) is 0 Å². The van der Waals surface area contributed by atoms with Crippen LogP contribution >= 0.6 is 11.8 Å². The highest BCUT2D eigenvalue weighted by atomic mass is 32.2. The maximum atomic E-state index is 12.3. The molecule has 5 heteroatoms. The van der Waals surface area contributed by atoms with Gasteiger partial charge >= 0.3 is 0 Å². The third kappa shape index (κ3) is 2.30. The van der Waals surface area contributed by atoms with E-state index in [0.717, 1.165) is 37.9 Å². The van der Waals surface area contributed by atoms with E-state index in [-0.39, 0.29) is 23.9 Å². The van der Waals surface area contributed by atoms with Crippen molar-refractivity contribution in [3.8, 4) is 0 Å². The van der Waals surface area contributed by atoms with Crippen LogP contribution in [0.25, 0.3) is 0 Å². The lowest BCUT2D eigenvalue weighted by atomic mass is 10.2. The summed E-state index contributed by atoms with van der Waals surface area (Å²) in [5.74, 6) is 2.30. The number of carbonyl (C=O) groups is 2. The van der Waals surface area contributed by atoms with Crippen LogP contribution < -0.4 is 5.32 Å². The van der Waals surface area contributed by atoms with Crippen LogP contribution in [0.3, 0.4) is 0 Å². The summed E-state index contributed by atoms with van der Waals surface area (Å²) >= 11 is 1.92. The normalized spacial score (nSPS) is 33.9. The second kappa shape index (κ2) is 5.21. The maximum Gasteiger partial charge on any atom is 0.247 e.